The predicted octanol–water partition coefficient (Wildman–Crippen LogP) is 3.33. The summed E-state index contributed by atoms with van der Waals surface area (Å²) in [5, 5.41) is 7.95. The number of nitrogens with zero attached hydrogens (tertiary/aromatic N) is 1. The lowest BCUT2D eigenvalue weighted by atomic mass is 10.0. The van der Waals surface area contributed by atoms with Crippen molar-refractivity contribution in [2.75, 3.05) is 0 Å². The number of rotatable bonds is 4. The molecule has 0 fully saturated rings. The summed E-state index contributed by atoms with van der Waals surface area (Å²) in [6.45, 7) is 4.56. The molecule has 0 saturated carbocycles. The van der Waals surface area contributed by atoms with Crippen LogP contribution in [0.4, 0.5) is 0 Å². The topological polar surface area (TPSA) is 86.3 Å². The molecule has 28 heavy (non-hydrogen) atoms. The molecule has 6 heteroatoms. The van der Waals surface area contributed by atoms with E-state index in [9.17, 15) is 9.59 Å². The monoisotopic (exact) mass is 374 g/mol. The second-order valence-electron chi connectivity index (χ2n) is 7.11. The standard InChI is InChI=1S/C22H22N4O2/c1-13-10-16(12-23-22(28)18-8-9-19(27)26-25-18)21-17(11-13)14(2)20(24-21)15-6-4-3-5-7-15/h3-7,10-11,24H,8-9,12H2,1-2H3,(H,23,28)(H,26,27). The van der Waals surface area contributed by atoms with Gasteiger partial charge in [-0.25, -0.2) is 5.43 Å². The third kappa shape index (κ3) is 3.41. The molecule has 1 aliphatic rings. The molecular weight excluding hydrogens is 352 g/mol. The van der Waals surface area contributed by atoms with Gasteiger partial charge in [0.15, 0.2) is 0 Å². The Hall–Kier alpha value is -3.41. The molecule has 3 aromatic rings. The summed E-state index contributed by atoms with van der Waals surface area (Å²) in [5.41, 5.74) is 9.33. The lowest BCUT2D eigenvalue weighted by molar-refractivity contribution is -0.121. The number of aryl methyl sites for hydroxylation is 2. The van der Waals surface area contributed by atoms with E-state index in [1.165, 1.54) is 5.56 Å². The van der Waals surface area contributed by atoms with E-state index in [1.54, 1.807) is 0 Å². The predicted molar refractivity (Wildman–Crippen MR) is 110 cm³/mol. The third-order valence-electron chi connectivity index (χ3n) is 5.06. The Labute approximate surface area is 163 Å². The molecule has 0 bridgehead atoms. The lowest BCUT2D eigenvalue weighted by Crippen LogP contribution is -2.36. The molecule has 142 valence electrons. The fourth-order valence-corrected chi connectivity index (χ4v) is 3.61. The number of benzene rings is 2. The smallest absolute Gasteiger partial charge is 0.267 e. The maximum Gasteiger partial charge on any atom is 0.267 e. The van der Waals surface area contributed by atoms with Gasteiger partial charge in [-0.3, -0.25) is 9.59 Å². The molecule has 0 radical (unpaired) electrons. The van der Waals surface area contributed by atoms with Crippen molar-refractivity contribution in [1.29, 1.82) is 0 Å². The first-order valence-electron chi connectivity index (χ1n) is 9.34. The van der Waals surface area contributed by atoms with Crippen LogP contribution in [0.3, 0.4) is 0 Å². The van der Waals surface area contributed by atoms with Crippen LogP contribution >= 0.6 is 0 Å². The van der Waals surface area contributed by atoms with E-state index in [1.807, 2.05) is 18.2 Å². The summed E-state index contributed by atoms with van der Waals surface area (Å²) >= 11 is 0. The molecule has 1 aliphatic heterocycles. The molecule has 4 rings (SSSR count). The maximum atomic E-state index is 12.4. The maximum absolute atomic E-state index is 12.4. The minimum absolute atomic E-state index is 0.160. The number of nitrogens with one attached hydrogen (secondary N) is 3. The van der Waals surface area contributed by atoms with E-state index in [0.29, 0.717) is 18.7 Å². The number of H-pyrrole nitrogens is 1. The van der Waals surface area contributed by atoms with Crippen LogP contribution in [-0.2, 0) is 16.1 Å². The van der Waals surface area contributed by atoms with Crippen LogP contribution in [0, 0.1) is 13.8 Å². The molecule has 2 aromatic carbocycles. The van der Waals surface area contributed by atoms with Crippen LogP contribution in [0.1, 0.15) is 29.5 Å². The fourth-order valence-electron chi connectivity index (χ4n) is 3.61. The number of amides is 2. The summed E-state index contributed by atoms with van der Waals surface area (Å²) in [6.07, 6.45) is 0.651. The highest BCUT2D eigenvalue weighted by Gasteiger charge is 2.19. The van der Waals surface area contributed by atoms with Gasteiger partial charge in [0.25, 0.3) is 5.91 Å². The Morgan fingerprint density at radius 1 is 1.14 bits per heavy atom. The molecule has 2 heterocycles. The molecule has 0 atom stereocenters. The van der Waals surface area contributed by atoms with Crippen molar-refractivity contribution >= 4 is 28.4 Å². The molecule has 2 amide bonds. The van der Waals surface area contributed by atoms with E-state index < -0.39 is 0 Å². The zero-order chi connectivity index (χ0) is 19.7. The first-order valence-corrected chi connectivity index (χ1v) is 9.34. The first kappa shape index (κ1) is 18.0. The number of hydrazone groups is 1. The Morgan fingerprint density at radius 2 is 1.93 bits per heavy atom. The van der Waals surface area contributed by atoms with Crippen LogP contribution in [0.25, 0.3) is 22.2 Å². The lowest BCUT2D eigenvalue weighted by Gasteiger charge is -2.12. The van der Waals surface area contributed by atoms with Crippen molar-refractivity contribution in [2.24, 2.45) is 5.10 Å². The Kier molecular flexibility index (Phi) is 4.69. The van der Waals surface area contributed by atoms with Gasteiger partial charge >= 0.3 is 0 Å². The number of hydrogen-bond acceptors (Lipinski definition) is 3. The summed E-state index contributed by atoms with van der Waals surface area (Å²) in [4.78, 5) is 27.1. The summed E-state index contributed by atoms with van der Waals surface area (Å²) < 4.78 is 0. The van der Waals surface area contributed by atoms with Gasteiger partial charge in [0.1, 0.15) is 5.71 Å². The van der Waals surface area contributed by atoms with Crippen LogP contribution in [0.15, 0.2) is 47.6 Å². The zero-order valence-electron chi connectivity index (χ0n) is 15.9. The Balaban J connectivity index is 1.64. The van der Waals surface area contributed by atoms with Crippen molar-refractivity contribution in [2.45, 2.75) is 33.2 Å². The van der Waals surface area contributed by atoms with E-state index in [-0.39, 0.29) is 18.2 Å². The van der Waals surface area contributed by atoms with Crippen molar-refractivity contribution in [1.82, 2.24) is 15.7 Å². The van der Waals surface area contributed by atoms with Crippen molar-refractivity contribution in [3.8, 4) is 11.3 Å². The van der Waals surface area contributed by atoms with Gasteiger partial charge in [-0.2, -0.15) is 5.10 Å². The minimum atomic E-state index is -0.249. The van der Waals surface area contributed by atoms with Gasteiger partial charge in [0.05, 0.1) is 5.52 Å². The SMILES string of the molecule is Cc1cc(CNC(=O)C2=NNC(=O)CC2)c2[nH]c(-c3ccccc3)c(C)c2c1. The summed E-state index contributed by atoms with van der Waals surface area (Å²) in [6, 6.07) is 14.5. The van der Waals surface area contributed by atoms with Gasteiger partial charge in [-0.15, -0.1) is 0 Å². The van der Waals surface area contributed by atoms with Gasteiger partial charge in [0, 0.05) is 30.5 Å². The van der Waals surface area contributed by atoms with E-state index in [4.69, 9.17) is 0 Å². The minimum Gasteiger partial charge on any atom is -0.354 e. The highest BCUT2D eigenvalue weighted by atomic mass is 16.2. The van der Waals surface area contributed by atoms with Crippen LogP contribution in [0.2, 0.25) is 0 Å². The van der Waals surface area contributed by atoms with E-state index in [0.717, 1.165) is 33.3 Å². The molecule has 3 N–H and O–H groups in total. The number of aromatic amines is 1. The van der Waals surface area contributed by atoms with Crippen LogP contribution in [0.5, 0.6) is 0 Å². The third-order valence-corrected chi connectivity index (χ3v) is 5.06. The molecular formula is C22H22N4O2. The highest BCUT2D eigenvalue weighted by molar-refractivity contribution is 6.39. The zero-order valence-corrected chi connectivity index (χ0v) is 15.9. The quantitative estimate of drug-likeness (QED) is 0.654. The second-order valence-corrected chi connectivity index (χ2v) is 7.11. The number of carbonyl (C=O) groups is 2. The summed E-state index contributed by atoms with van der Waals surface area (Å²) in [7, 11) is 0. The van der Waals surface area contributed by atoms with Gasteiger partial charge < -0.3 is 10.3 Å². The van der Waals surface area contributed by atoms with Crippen molar-refractivity contribution in [3.63, 3.8) is 0 Å². The molecule has 0 spiro atoms. The van der Waals surface area contributed by atoms with E-state index >= 15 is 0 Å². The Morgan fingerprint density at radius 3 is 2.64 bits per heavy atom. The molecule has 0 aliphatic carbocycles. The highest BCUT2D eigenvalue weighted by Crippen LogP contribution is 2.32. The van der Waals surface area contributed by atoms with Gasteiger partial charge in [-0.05, 0) is 36.6 Å². The molecule has 0 saturated heterocycles. The Bertz CT molecular complexity index is 1100. The average molecular weight is 374 g/mol. The van der Waals surface area contributed by atoms with Crippen molar-refractivity contribution < 1.29 is 9.59 Å². The number of fused-ring (bicyclic) bond motifs is 1. The van der Waals surface area contributed by atoms with Crippen molar-refractivity contribution in [3.05, 3.63) is 59.2 Å². The average Bonchev–Trinajstić information content (AvgIpc) is 3.04. The molecule has 0 unspecified atom stereocenters. The fraction of sp³-hybridized carbons (Fsp3) is 0.227. The van der Waals surface area contributed by atoms with Gasteiger partial charge in [0.2, 0.25) is 5.91 Å². The second kappa shape index (κ2) is 7.31. The molecule has 6 nitrogen and oxygen atoms in total. The summed E-state index contributed by atoms with van der Waals surface area (Å²) in [5.74, 6) is -0.409. The van der Waals surface area contributed by atoms with Crippen LogP contribution in [-0.4, -0.2) is 22.5 Å². The number of carbonyl (C=O) groups excluding carboxylic acids is 2. The van der Waals surface area contributed by atoms with Gasteiger partial charge in [-0.1, -0.05) is 42.0 Å². The van der Waals surface area contributed by atoms with Crippen LogP contribution < -0.4 is 10.7 Å². The number of hydrogen-bond donors (Lipinski definition) is 3. The largest absolute Gasteiger partial charge is 0.354 e. The number of aromatic nitrogens is 1. The molecule has 1 aromatic heterocycles. The normalized spacial score (nSPS) is 13.9. The van der Waals surface area contributed by atoms with E-state index in [2.05, 4.69) is 58.9 Å². The first-order chi connectivity index (χ1) is 13.5.